The molecule has 0 aromatic carbocycles. The predicted octanol–water partition coefficient (Wildman–Crippen LogP) is -0.527. The van der Waals surface area contributed by atoms with Crippen LogP contribution in [0.4, 0.5) is 11.6 Å². The summed E-state index contributed by atoms with van der Waals surface area (Å²) >= 11 is 4.66. The molecule has 1 aliphatic rings. The third kappa shape index (κ3) is 3.40. The van der Waals surface area contributed by atoms with Crippen molar-refractivity contribution in [1.82, 2.24) is 15.6 Å². The van der Waals surface area contributed by atoms with Gasteiger partial charge in [0.15, 0.2) is 16.7 Å². The molecule has 0 saturated carbocycles. The molecular formula is C9H14N6OS. The smallest absolute Gasteiger partial charge is 0.182 e. The Labute approximate surface area is 104 Å². The van der Waals surface area contributed by atoms with Gasteiger partial charge in [-0.25, -0.2) is 0 Å². The Morgan fingerprint density at radius 1 is 1.35 bits per heavy atom. The lowest BCUT2D eigenvalue weighted by Crippen LogP contribution is -2.37. The number of hydrazine groups is 1. The van der Waals surface area contributed by atoms with Gasteiger partial charge in [0.1, 0.15) is 0 Å². The number of rotatable bonds is 3. The van der Waals surface area contributed by atoms with Crippen molar-refractivity contribution in [3.8, 4) is 0 Å². The first-order valence-corrected chi connectivity index (χ1v) is 5.64. The van der Waals surface area contributed by atoms with E-state index in [9.17, 15) is 0 Å². The second-order valence-electron chi connectivity index (χ2n) is 3.49. The van der Waals surface area contributed by atoms with E-state index in [0.717, 1.165) is 32.1 Å². The zero-order chi connectivity index (χ0) is 12.1. The topological polar surface area (TPSA) is 88.3 Å². The molecule has 0 aliphatic carbocycles. The summed E-state index contributed by atoms with van der Waals surface area (Å²) in [4.78, 5) is 2.13. The Balaban J connectivity index is 1.94. The molecule has 0 amide bonds. The summed E-state index contributed by atoms with van der Waals surface area (Å²) in [5.41, 5.74) is 10.6. The van der Waals surface area contributed by atoms with Crippen LogP contribution in [0.1, 0.15) is 0 Å². The quantitative estimate of drug-likeness (QED) is 0.490. The first kappa shape index (κ1) is 11.8. The molecule has 1 aromatic rings. The standard InChI is InChI=1S/C9H14N6OS/c10-9(17)14-12-7-1-2-8(13-11-7)15-3-5-16-6-4-15/h1-2H,3-6H2,(H,11,12)(H3,10,14,17). The summed E-state index contributed by atoms with van der Waals surface area (Å²) < 4.78 is 5.27. The summed E-state index contributed by atoms with van der Waals surface area (Å²) in [6.45, 7) is 3.13. The second-order valence-corrected chi connectivity index (χ2v) is 3.93. The molecule has 0 unspecified atom stereocenters. The number of nitrogens with one attached hydrogen (secondary N) is 2. The minimum absolute atomic E-state index is 0.157. The number of nitrogens with two attached hydrogens (primary N) is 1. The van der Waals surface area contributed by atoms with Gasteiger partial charge in [-0.2, -0.15) is 0 Å². The minimum Gasteiger partial charge on any atom is -0.378 e. The fraction of sp³-hybridized carbons (Fsp3) is 0.444. The van der Waals surface area contributed by atoms with Crippen molar-refractivity contribution in [3.05, 3.63) is 12.1 Å². The van der Waals surface area contributed by atoms with E-state index in [-0.39, 0.29) is 5.11 Å². The van der Waals surface area contributed by atoms with Gasteiger partial charge in [0.25, 0.3) is 0 Å². The highest BCUT2D eigenvalue weighted by Crippen LogP contribution is 2.12. The van der Waals surface area contributed by atoms with Gasteiger partial charge in [-0.15, -0.1) is 10.2 Å². The number of hydrogen-bond acceptors (Lipinski definition) is 6. The van der Waals surface area contributed by atoms with Crippen LogP contribution < -0.4 is 21.5 Å². The fourth-order valence-electron chi connectivity index (χ4n) is 1.48. The monoisotopic (exact) mass is 254 g/mol. The number of ether oxygens (including phenoxy) is 1. The SMILES string of the molecule is NC(=S)NNc1ccc(N2CCOCC2)nn1. The van der Waals surface area contributed by atoms with Crippen LogP contribution in [-0.2, 0) is 4.74 Å². The molecule has 1 saturated heterocycles. The summed E-state index contributed by atoms with van der Waals surface area (Å²) in [6, 6.07) is 3.70. The van der Waals surface area contributed by atoms with Crippen LogP contribution in [0.3, 0.4) is 0 Å². The lowest BCUT2D eigenvalue weighted by atomic mass is 10.4. The Hall–Kier alpha value is -1.67. The van der Waals surface area contributed by atoms with Gasteiger partial charge in [-0.1, -0.05) is 0 Å². The van der Waals surface area contributed by atoms with Crippen LogP contribution in [0.5, 0.6) is 0 Å². The average Bonchev–Trinajstić information content (AvgIpc) is 2.38. The molecule has 92 valence electrons. The van der Waals surface area contributed by atoms with E-state index in [1.54, 1.807) is 0 Å². The number of thiocarbonyl (C=S) groups is 1. The average molecular weight is 254 g/mol. The van der Waals surface area contributed by atoms with Gasteiger partial charge < -0.3 is 15.4 Å². The number of hydrogen-bond donors (Lipinski definition) is 3. The summed E-state index contributed by atoms with van der Waals surface area (Å²) in [5, 5.41) is 8.28. The third-order valence-corrected chi connectivity index (χ3v) is 2.40. The van der Waals surface area contributed by atoms with Gasteiger partial charge in [0, 0.05) is 13.1 Å². The van der Waals surface area contributed by atoms with Crippen molar-refractivity contribution < 1.29 is 4.74 Å². The van der Waals surface area contributed by atoms with Crippen molar-refractivity contribution in [3.63, 3.8) is 0 Å². The molecule has 4 N–H and O–H groups in total. The van der Waals surface area contributed by atoms with Crippen molar-refractivity contribution in [2.24, 2.45) is 5.73 Å². The number of morpholine rings is 1. The van der Waals surface area contributed by atoms with Gasteiger partial charge in [0.2, 0.25) is 0 Å². The van der Waals surface area contributed by atoms with Crippen LogP contribution in [0, 0.1) is 0 Å². The molecule has 17 heavy (non-hydrogen) atoms. The molecule has 2 rings (SSSR count). The lowest BCUT2D eigenvalue weighted by molar-refractivity contribution is 0.122. The predicted molar refractivity (Wildman–Crippen MR) is 68.6 cm³/mol. The van der Waals surface area contributed by atoms with Crippen LogP contribution in [0.2, 0.25) is 0 Å². The molecule has 7 nitrogen and oxygen atoms in total. The highest BCUT2D eigenvalue weighted by Gasteiger charge is 2.12. The van der Waals surface area contributed by atoms with Crippen LogP contribution >= 0.6 is 12.2 Å². The zero-order valence-electron chi connectivity index (χ0n) is 9.22. The summed E-state index contributed by atoms with van der Waals surface area (Å²) in [6.07, 6.45) is 0. The third-order valence-electron chi connectivity index (χ3n) is 2.30. The molecule has 0 atom stereocenters. The van der Waals surface area contributed by atoms with Crippen LogP contribution in [-0.4, -0.2) is 41.6 Å². The van der Waals surface area contributed by atoms with E-state index in [4.69, 9.17) is 10.5 Å². The van der Waals surface area contributed by atoms with Gasteiger partial charge >= 0.3 is 0 Å². The largest absolute Gasteiger partial charge is 0.378 e. The van der Waals surface area contributed by atoms with Crippen molar-refractivity contribution in [2.45, 2.75) is 0 Å². The summed E-state index contributed by atoms with van der Waals surface area (Å²) in [5.74, 6) is 1.41. The molecule has 2 heterocycles. The normalized spacial score (nSPS) is 15.4. The van der Waals surface area contributed by atoms with Crippen molar-refractivity contribution >= 4 is 29.0 Å². The molecule has 0 bridgehead atoms. The molecule has 0 spiro atoms. The molecule has 0 radical (unpaired) electrons. The van der Waals surface area contributed by atoms with Gasteiger partial charge in [-0.05, 0) is 24.4 Å². The van der Waals surface area contributed by atoms with Crippen LogP contribution in [0.15, 0.2) is 12.1 Å². The first-order valence-electron chi connectivity index (χ1n) is 5.23. The highest BCUT2D eigenvalue weighted by atomic mass is 32.1. The summed E-state index contributed by atoms with van der Waals surface area (Å²) in [7, 11) is 0. The Bertz CT molecular complexity index is 378. The maximum absolute atomic E-state index is 5.27. The second kappa shape index (κ2) is 5.60. The number of nitrogens with zero attached hydrogens (tertiary/aromatic N) is 3. The van der Waals surface area contributed by atoms with Crippen molar-refractivity contribution in [1.29, 1.82) is 0 Å². The minimum atomic E-state index is 0.157. The fourth-order valence-corrected chi connectivity index (χ4v) is 1.53. The zero-order valence-corrected chi connectivity index (χ0v) is 10.0. The lowest BCUT2D eigenvalue weighted by Gasteiger charge is -2.27. The van der Waals surface area contributed by atoms with E-state index < -0.39 is 0 Å². The highest BCUT2D eigenvalue weighted by molar-refractivity contribution is 7.80. The van der Waals surface area contributed by atoms with Crippen molar-refractivity contribution in [2.75, 3.05) is 36.6 Å². The maximum Gasteiger partial charge on any atom is 0.182 e. The number of anilines is 2. The number of aromatic nitrogens is 2. The molecule has 1 aliphatic heterocycles. The van der Waals surface area contributed by atoms with Gasteiger partial charge in [-0.3, -0.25) is 10.9 Å². The maximum atomic E-state index is 5.27. The Kier molecular flexibility index (Phi) is 3.89. The van der Waals surface area contributed by atoms with Crippen LogP contribution in [0.25, 0.3) is 0 Å². The van der Waals surface area contributed by atoms with E-state index in [1.807, 2.05) is 12.1 Å². The van der Waals surface area contributed by atoms with Gasteiger partial charge in [0.05, 0.1) is 13.2 Å². The van der Waals surface area contributed by atoms with E-state index >= 15 is 0 Å². The molecule has 1 aromatic heterocycles. The Morgan fingerprint density at radius 3 is 2.71 bits per heavy atom. The molecule has 8 heteroatoms. The van der Waals surface area contributed by atoms with E-state index in [1.165, 1.54) is 0 Å². The molecule has 1 fully saturated rings. The Morgan fingerprint density at radius 2 is 2.12 bits per heavy atom. The van der Waals surface area contributed by atoms with E-state index in [2.05, 4.69) is 38.2 Å². The van der Waals surface area contributed by atoms with E-state index in [0.29, 0.717) is 5.82 Å². The first-order chi connectivity index (χ1) is 8.25. The molecular weight excluding hydrogens is 240 g/mol.